The molecule has 0 spiro atoms. The fourth-order valence-electron chi connectivity index (χ4n) is 1.74. The number of nitrogens with one attached hydrogen (secondary N) is 1. The lowest BCUT2D eigenvalue weighted by molar-refractivity contribution is 1.17. The molecule has 0 atom stereocenters. The molecule has 3 aromatic rings. The third-order valence-electron chi connectivity index (χ3n) is 2.53. The normalized spacial score (nSPS) is 10.5. The largest absolute Gasteiger partial charge is 0.338 e. The lowest BCUT2D eigenvalue weighted by Crippen LogP contribution is -1.95. The van der Waals surface area contributed by atoms with Crippen molar-refractivity contribution in [3.63, 3.8) is 0 Å². The minimum Gasteiger partial charge on any atom is -0.338 e. The zero-order valence-electron chi connectivity index (χ0n) is 9.34. The van der Waals surface area contributed by atoms with Gasteiger partial charge in [0.1, 0.15) is 17.3 Å². The van der Waals surface area contributed by atoms with Gasteiger partial charge in [0.15, 0.2) is 0 Å². The van der Waals surface area contributed by atoms with Crippen LogP contribution in [0.5, 0.6) is 0 Å². The van der Waals surface area contributed by atoms with Crippen molar-refractivity contribution in [1.29, 1.82) is 0 Å². The summed E-state index contributed by atoms with van der Waals surface area (Å²) in [6.45, 7) is 0. The first-order valence-corrected chi connectivity index (χ1v) is 5.79. The van der Waals surface area contributed by atoms with E-state index in [1.54, 1.807) is 12.3 Å². The summed E-state index contributed by atoms with van der Waals surface area (Å²) in [6, 6.07) is 11.5. The summed E-state index contributed by atoms with van der Waals surface area (Å²) < 4.78 is 0. The van der Waals surface area contributed by atoms with Crippen LogP contribution in [0.25, 0.3) is 10.9 Å². The van der Waals surface area contributed by atoms with Gasteiger partial charge in [0, 0.05) is 17.6 Å². The predicted molar refractivity (Wildman–Crippen MR) is 72.1 cm³/mol. The van der Waals surface area contributed by atoms with Crippen LogP contribution >= 0.6 is 11.6 Å². The molecule has 2 heterocycles. The van der Waals surface area contributed by atoms with Crippen molar-refractivity contribution in [1.82, 2.24) is 15.0 Å². The molecule has 18 heavy (non-hydrogen) atoms. The third-order valence-corrected chi connectivity index (χ3v) is 2.74. The fourth-order valence-corrected chi connectivity index (χ4v) is 1.89. The quantitative estimate of drug-likeness (QED) is 0.714. The molecule has 1 N–H and O–H groups in total. The number of hydrogen-bond acceptors (Lipinski definition) is 4. The lowest BCUT2D eigenvalue weighted by atomic mass is 10.2. The Morgan fingerprint density at radius 1 is 1.00 bits per heavy atom. The van der Waals surface area contributed by atoms with Crippen molar-refractivity contribution in [2.45, 2.75) is 0 Å². The molecule has 0 amide bonds. The number of aromatic nitrogens is 3. The second kappa shape index (κ2) is 4.58. The van der Waals surface area contributed by atoms with E-state index in [4.69, 9.17) is 11.6 Å². The van der Waals surface area contributed by atoms with Crippen molar-refractivity contribution in [2.75, 3.05) is 5.32 Å². The summed E-state index contributed by atoms with van der Waals surface area (Å²) >= 11 is 5.82. The van der Waals surface area contributed by atoms with Crippen LogP contribution in [0.2, 0.25) is 5.15 Å². The first-order chi connectivity index (χ1) is 8.83. The number of anilines is 2. The Bertz CT molecular complexity index is 694. The molecule has 88 valence electrons. The van der Waals surface area contributed by atoms with Crippen molar-refractivity contribution in [3.05, 3.63) is 54.1 Å². The third kappa shape index (κ3) is 2.10. The van der Waals surface area contributed by atoms with Crippen molar-refractivity contribution in [2.24, 2.45) is 0 Å². The molecule has 0 aliphatic carbocycles. The molecular formula is C13H9ClN4. The maximum atomic E-state index is 5.82. The van der Waals surface area contributed by atoms with Gasteiger partial charge in [0.2, 0.25) is 0 Å². The van der Waals surface area contributed by atoms with Gasteiger partial charge in [0.05, 0.1) is 11.2 Å². The van der Waals surface area contributed by atoms with E-state index in [9.17, 15) is 0 Å². The second-order valence-corrected chi connectivity index (χ2v) is 4.12. The summed E-state index contributed by atoms with van der Waals surface area (Å²) in [5.74, 6) is 0.646. The van der Waals surface area contributed by atoms with Crippen LogP contribution in [0.1, 0.15) is 0 Å². The highest BCUT2D eigenvalue weighted by Gasteiger charge is 2.03. The molecular weight excluding hydrogens is 248 g/mol. The zero-order valence-corrected chi connectivity index (χ0v) is 10.1. The van der Waals surface area contributed by atoms with E-state index in [0.717, 1.165) is 16.6 Å². The van der Waals surface area contributed by atoms with Gasteiger partial charge in [-0.05, 0) is 12.1 Å². The van der Waals surface area contributed by atoms with Crippen LogP contribution < -0.4 is 5.32 Å². The Morgan fingerprint density at radius 2 is 1.89 bits per heavy atom. The maximum Gasteiger partial charge on any atom is 0.135 e. The van der Waals surface area contributed by atoms with Gasteiger partial charge in [-0.1, -0.05) is 29.8 Å². The standard InChI is InChI=1S/C13H9ClN4/c14-11-7-12(17-8-16-11)18-10-5-1-3-9-4-2-6-15-13(9)10/h1-8H,(H,16,17,18). The smallest absolute Gasteiger partial charge is 0.135 e. The molecule has 0 saturated carbocycles. The van der Waals surface area contributed by atoms with E-state index in [2.05, 4.69) is 20.3 Å². The van der Waals surface area contributed by atoms with E-state index >= 15 is 0 Å². The summed E-state index contributed by atoms with van der Waals surface area (Å²) in [4.78, 5) is 12.3. The zero-order chi connectivity index (χ0) is 12.4. The molecule has 0 aliphatic heterocycles. The van der Waals surface area contributed by atoms with Crippen LogP contribution in [0, 0.1) is 0 Å². The molecule has 2 aromatic heterocycles. The fraction of sp³-hybridized carbons (Fsp3) is 0. The van der Waals surface area contributed by atoms with Gasteiger partial charge < -0.3 is 5.32 Å². The highest BCUT2D eigenvalue weighted by molar-refractivity contribution is 6.29. The Labute approximate surface area is 109 Å². The molecule has 1 aromatic carbocycles. The van der Waals surface area contributed by atoms with Crippen LogP contribution in [0.3, 0.4) is 0 Å². The molecule has 0 unspecified atom stereocenters. The number of nitrogens with zero attached hydrogens (tertiary/aromatic N) is 3. The van der Waals surface area contributed by atoms with Crippen LogP contribution in [0.4, 0.5) is 11.5 Å². The monoisotopic (exact) mass is 256 g/mol. The minimum absolute atomic E-state index is 0.403. The predicted octanol–water partition coefficient (Wildman–Crippen LogP) is 3.42. The number of pyridine rings is 1. The van der Waals surface area contributed by atoms with Gasteiger partial charge in [-0.2, -0.15) is 0 Å². The maximum absolute atomic E-state index is 5.82. The summed E-state index contributed by atoms with van der Waals surface area (Å²) in [6.07, 6.45) is 3.18. The number of benzene rings is 1. The second-order valence-electron chi connectivity index (χ2n) is 3.73. The summed E-state index contributed by atoms with van der Waals surface area (Å²) in [5, 5.41) is 4.66. The van der Waals surface area contributed by atoms with Crippen LogP contribution in [0.15, 0.2) is 48.9 Å². The number of fused-ring (bicyclic) bond motifs is 1. The van der Waals surface area contributed by atoms with Gasteiger partial charge in [-0.25, -0.2) is 9.97 Å². The van der Waals surface area contributed by atoms with Crippen molar-refractivity contribution >= 4 is 34.0 Å². The van der Waals surface area contributed by atoms with Gasteiger partial charge >= 0.3 is 0 Å². The molecule has 0 aliphatic rings. The molecule has 4 nitrogen and oxygen atoms in total. The molecule has 0 bridgehead atoms. The average molecular weight is 257 g/mol. The minimum atomic E-state index is 0.403. The van der Waals surface area contributed by atoms with E-state index in [-0.39, 0.29) is 0 Å². The molecule has 0 saturated heterocycles. The Balaban J connectivity index is 2.05. The average Bonchev–Trinajstić information content (AvgIpc) is 2.39. The highest BCUT2D eigenvalue weighted by atomic mass is 35.5. The summed E-state index contributed by atoms with van der Waals surface area (Å²) in [7, 11) is 0. The Hall–Kier alpha value is -2.20. The first kappa shape index (κ1) is 10.9. The number of hydrogen-bond donors (Lipinski definition) is 1. The topological polar surface area (TPSA) is 50.7 Å². The molecule has 5 heteroatoms. The van der Waals surface area contributed by atoms with Crippen molar-refractivity contribution < 1.29 is 0 Å². The highest BCUT2D eigenvalue weighted by Crippen LogP contribution is 2.23. The van der Waals surface area contributed by atoms with E-state index in [0.29, 0.717) is 11.0 Å². The van der Waals surface area contributed by atoms with Crippen LogP contribution in [-0.2, 0) is 0 Å². The van der Waals surface area contributed by atoms with E-state index in [1.807, 2.05) is 30.3 Å². The van der Waals surface area contributed by atoms with Crippen molar-refractivity contribution in [3.8, 4) is 0 Å². The lowest BCUT2D eigenvalue weighted by Gasteiger charge is -2.07. The number of halogens is 1. The van der Waals surface area contributed by atoms with Gasteiger partial charge in [-0.15, -0.1) is 0 Å². The molecule has 3 rings (SSSR count). The molecule has 0 radical (unpaired) electrons. The van der Waals surface area contributed by atoms with Gasteiger partial charge in [0.25, 0.3) is 0 Å². The molecule has 0 fully saturated rings. The Kier molecular flexibility index (Phi) is 2.78. The summed E-state index contributed by atoms with van der Waals surface area (Å²) in [5.41, 5.74) is 1.79. The number of para-hydroxylation sites is 1. The SMILES string of the molecule is Clc1cc(Nc2cccc3cccnc23)ncn1. The Morgan fingerprint density at radius 3 is 2.78 bits per heavy atom. The van der Waals surface area contributed by atoms with E-state index in [1.165, 1.54) is 6.33 Å². The van der Waals surface area contributed by atoms with E-state index < -0.39 is 0 Å². The first-order valence-electron chi connectivity index (χ1n) is 5.41. The van der Waals surface area contributed by atoms with Crippen LogP contribution in [-0.4, -0.2) is 15.0 Å². The number of rotatable bonds is 2. The van der Waals surface area contributed by atoms with Gasteiger partial charge in [-0.3, -0.25) is 4.98 Å².